The Hall–Kier alpha value is -2.84. The standard InChI is InChI=1S/C17H12ClFN2O2/c1-23-16-7-6-13(9-14(16)18)21-17(22)12(10-20)8-11-4-2-3-5-15(11)19/h2-9H,1H3,(H,21,22)/b12-8+. The van der Waals surface area contributed by atoms with Crippen LogP contribution >= 0.6 is 11.6 Å². The predicted molar refractivity (Wildman–Crippen MR) is 86.6 cm³/mol. The Morgan fingerprint density at radius 2 is 2.09 bits per heavy atom. The van der Waals surface area contributed by atoms with Crippen molar-refractivity contribution in [2.45, 2.75) is 0 Å². The zero-order valence-electron chi connectivity index (χ0n) is 12.1. The molecule has 116 valence electrons. The van der Waals surface area contributed by atoms with Gasteiger partial charge in [0.25, 0.3) is 5.91 Å². The summed E-state index contributed by atoms with van der Waals surface area (Å²) in [5.41, 5.74) is 0.337. The van der Waals surface area contributed by atoms with E-state index in [0.29, 0.717) is 16.5 Å². The van der Waals surface area contributed by atoms with Crippen molar-refractivity contribution >= 4 is 29.3 Å². The molecule has 0 unspecified atom stereocenters. The van der Waals surface area contributed by atoms with Crippen LogP contribution < -0.4 is 10.1 Å². The number of hydrogen-bond donors (Lipinski definition) is 1. The van der Waals surface area contributed by atoms with Gasteiger partial charge < -0.3 is 10.1 Å². The summed E-state index contributed by atoms with van der Waals surface area (Å²) < 4.78 is 18.6. The van der Waals surface area contributed by atoms with Crippen molar-refractivity contribution in [3.63, 3.8) is 0 Å². The minimum absolute atomic E-state index is 0.159. The first-order chi connectivity index (χ1) is 11.0. The normalized spacial score (nSPS) is 10.8. The predicted octanol–water partition coefficient (Wildman–Crippen LogP) is 4.03. The van der Waals surface area contributed by atoms with Gasteiger partial charge >= 0.3 is 0 Å². The van der Waals surface area contributed by atoms with E-state index in [9.17, 15) is 9.18 Å². The molecule has 2 aromatic carbocycles. The monoisotopic (exact) mass is 330 g/mol. The Morgan fingerprint density at radius 1 is 1.35 bits per heavy atom. The zero-order chi connectivity index (χ0) is 16.8. The molecule has 2 rings (SSSR count). The van der Waals surface area contributed by atoms with Crippen LogP contribution in [0.1, 0.15) is 5.56 Å². The first-order valence-corrected chi connectivity index (χ1v) is 6.94. The summed E-state index contributed by atoms with van der Waals surface area (Å²) in [4.78, 5) is 12.1. The molecular formula is C17H12ClFN2O2. The van der Waals surface area contributed by atoms with E-state index in [1.54, 1.807) is 24.3 Å². The van der Waals surface area contributed by atoms with E-state index in [0.717, 1.165) is 0 Å². The number of rotatable bonds is 4. The number of ether oxygens (including phenoxy) is 1. The molecule has 2 aromatic rings. The van der Waals surface area contributed by atoms with E-state index in [2.05, 4.69) is 5.32 Å². The highest BCUT2D eigenvalue weighted by atomic mass is 35.5. The molecule has 0 aliphatic rings. The van der Waals surface area contributed by atoms with E-state index in [1.807, 2.05) is 0 Å². The van der Waals surface area contributed by atoms with Gasteiger partial charge in [-0.1, -0.05) is 29.8 Å². The van der Waals surface area contributed by atoms with Crippen molar-refractivity contribution < 1.29 is 13.9 Å². The summed E-state index contributed by atoms with van der Waals surface area (Å²) in [6.45, 7) is 0. The smallest absolute Gasteiger partial charge is 0.266 e. The third-order valence-corrected chi connectivity index (χ3v) is 3.28. The molecule has 0 radical (unpaired) electrons. The maximum atomic E-state index is 13.6. The fourth-order valence-electron chi connectivity index (χ4n) is 1.84. The molecule has 0 aliphatic carbocycles. The second-order valence-corrected chi connectivity index (χ2v) is 4.90. The summed E-state index contributed by atoms with van der Waals surface area (Å²) in [7, 11) is 1.48. The third-order valence-electron chi connectivity index (χ3n) is 2.98. The Morgan fingerprint density at radius 3 is 2.70 bits per heavy atom. The summed E-state index contributed by atoms with van der Waals surface area (Å²) in [5, 5.41) is 12.0. The number of nitrogens with zero attached hydrogens (tertiary/aromatic N) is 1. The van der Waals surface area contributed by atoms with E-state index in [1.165, 1.54) is 37.5 Å². The number of methoxy groups -OCH3 is 1. The quantitative estimate of drug-likeness (QED) is 0.680. The number of carbonyl (C=O) groups excluding carboxylic acids is 1. The summed E-state index contributed by atoms with van der Waals surface area (Å²) >= 11 is 5.97. The number of benzene rings is 2. The van der Waals surface area contributed by atoms with Gasteiger partial charge in [0.05, 0.1) is 12.1 Å². The molecule has 0 aromatic heterocycles. The Balaban J connectivity index is 2.23. The number of anilines is 1. The zero-order valence-corrected chi connectivity index (χ0v) is 12.9. The topological polar surface area (TPSA) is 62.1 Å². The van der Waals surface area contributed by atoms with Gasteiger partial charge in [0.15, 0.2) is 0 Å². The van der Waals surface area contributed by atoms with Crippen molar-refractivity contribution in [3.05, 3.63) is 64.4 Å². The third kappa shape index (κ3) is 4.09. The first-order valence-electron chi connectivity index (χ1n) is 6.56. The lowest BCUT2D eigenvalue weighted by Gasteiger charge is -2.07. The van der Waals surface area contributed by atoms with Crippen molar-refractivity contribution in [2.75, 3.05) is 12.4 Å². The Bertz CT molecular complexity index is 812. The highest BCUT2D eigenvalue weighted by Crippen LogP contribution is 2.27. The fourth-order valence-corrected chi connectivity index (χ4v) is 2.10. The highest BCUT2D eigenvalue weighted by Gasteiger charge is 2.12. The van der Waals surface area contributed by atoms with Crippen LogP contribution in [0.2, 0.25) is 5.02 Å². The summed E-state index contributed by atoms with van der Waals surface area (Å²) in [5.74, 6) is -0.704. The van der Waals surface area contributed by atoms with Gasteiger partial charge in [-0.15, -0.1) is 0 Å². The maximum Gasteiger partial charge on any atom is 0.266 e. The van der Waals surface area contributed by atoms with Gasteiger partial charge in [-0.3, -0.25) is 4.79 Å². The van der Waals surface area contributed by atoms with Crippen molar-refractivity contribution in [3.8, 4) is 11.8 Å². The van der Waals surface area contributed by atoms with E-state index in [4.69, 9.17) is 21.6 Å². The van der Waals surface area contributed by atoms with E-state index >= 15 is 0 Å². The Kier molecular flexibility index (Phi) is 5.34. The van der Waals surface area contributed by atoms with Crippen molar-refractivity contribution in [1.82, 2.24) is 0 Å². The molecule has 0 fully saturated rings. The van der Waals surface area contributed by atoms with Gasteiger partial charge in [0.2, 0.25) is 0 Å². The lowest BCUT2D eigenvalue weighted by atomic mass is 10.1. The molecule has 0 atom stereocenters. The molecule has 1 N–H and O–H groups in total. The SMILES string of the molecule is COc1ccc(NC(=O)/C(C#N)=C/c2ccccc2F)cc1Cl. The fraction of sp³-hybridized carbons (Fsp3) is 0.0588. The molecule has 0 saturated heterocycles. The lowest BCUT2D eigenvalue weighted by molar-refractivity contribution is -0.112. The molecule has 6 heteroatoms. The molecule has 1 amide bonds. The molecular weight excluding hydrogens is 319 g/mol. The van der Waals surface area contributed by atoms with Gasteiger partial charge in [-0.05, 0) is 30.3 Å². The van der Waals surface area contributed by atoms with Crippen molar-refractivity contribution in [2.24, 2.45) is 0 Å². The van der Waals surface area contributed by atoms with E-state index < -0.39 is 11.7 Å². The number of amides is 1. The van der Waals surface area contributed by atoms with Gasteiger partial charge in [0, 0.05) is 11.3 Å². The molecule has 4 nitrogen and oxygen atoms in total. The number of nitriles is 1. The van der Waals surface area contributed by atoms with Crippen LogP contribution in [0.4, 0.5) is 10.1 Å². The summed E-state index contributed by atoms with van der Waals surface area (Å²) in [6.07, 6.45) is 1.19. The largest absolute Gasteiger partial charge is 0.495 e. The van der Waals surface area contributed by atoms with Crippen LogP contribution in [-0.4, -0.2) is 13.0 Å². The van der Waals surface area contributed by atoms with E-state index in [-0.39, 0.29) is 11.1 Å². The molecule has 0 spiro atoms. The number of carbonyl (C=O) groups is 1. The average molecular weight is 331 g/mol. The number of halogens is 2. The minimum atomic E-state index is -0.656. The second-order valence-electron chi connectivity index (χ2n) is 4.49. The molecule has 0 heterocycles. The van der Waals surface area contributed by atoms with Gasteiger partial charge in [-0.25, -0.2) is 4.39 Å². The molecule has 0 saturated carbocycles. The highest BCUT2D eigenvalue weighted by molar-refractivity contribution is 6.32. The molecule has 0 aliphatic heterocycles. The van der Waals surface area contributed by atoms with Gasteiger partial charge in [0.1, 0.15) is 23.2 Å². The number of hydrogen-bond acceptors (Lipinski definition) is 3. The van der Waals surface area contributed by atoms with Crippen LogP contribution in [0.3, 0.4) is 0 Å². The minimum Gasteiger partial charge on any atom is -0.495 e. The molecule has 0 bridgehead atoms. The number of nitrogens with one attached hydrogen (secondary N) is 1. The van der Waals surface area contributed by atoms with Crippen molar-refractivity contribution in [1.29, 1.82) is 5.26 Å². The van der Waals surface area contributed by atoms with Crippen LogP contribution in [0.25, 0.3) is 6.08 Å². The maximum absolute atomic E-state index is 13.6. The molecule has 23 heavy (non-hydrogen) atoms. The lowest BCUT2D eigenvalue weighted by Crippen LogP contribution is -2.13. The van der Waals surface area contributed by atoms with Crippen LogP contribution in [-0.2, 0) is 4.79 Å². The van der Waals surface area contributed by atoms with Gasteiger partial charge in [-0.2, -0.15) is 5.26 Å². The first kappa shape index (κ1) is 16.5. The average Bonchev–Trinajstić information content (AvgIpc) is 2.54. The van der Waals surface area contributed by atoms with Crippen LogP contribution in [0, 0.1) is 17.1 Å². The van der Waals surface area contributed by atoms with Crippen LogP contribution in [0.15, 0.2) is 48.0 Å². The van der Waals surface area contributed by atoms with Crippen LogP contribution in [0.5, 0.6) is 5.75 Å². The summed E-state index contributed by atoms with van der Waals surface area (Å²) in [6, 6.07) is 12.3. The second kappa shape index (κ2) is 7.43. The Labute approximate surface area is 137 Å².